The lowest BCUT2D eigenvalue weighted by Gasteiger charge is -2.12. The molecule has 0 saturated heterocycles. The zero-order valence-electron chi connectivity index (χ0n) is 15.5. The van der Waals surface area contributed by atoms with E-state index in [1.807, 2.05) is 74.5 Å². The zero-order chi connectivity index (χ0) is 19.1. The minimum absolute atomic E-state index is 0.0556. The molecule has 0 aliphatic heterocycles. The van der Waals surface area contributed by atoms with Gasteiger partial charge in [-0.2, -0.15) is 0 Å². The van der Waals surface area contributed by atoms with E-state index in [1.54, 1.807) is 6.07 Å². The summed E-state index contributed by atoms with van der Waals surface area (Å²) >= 11 is 0. The van der Waals surface area contributed by atoms with Gasteiger partial charge in [0, 0.05) is 11.8 Å². The fourth-order valence-corrected chi connectivity index (χ4v) is 2.64. The highest BCUT2D eigenvalue weighted by atomic mass is 16.5. The third kappa shape index (κ3) is 5.61. The molecule has 0 heterocycles. The van der Waals surface area contributed by atoms with Crippen LogP contribution in [0.5, 0.6) is 11.5 Å². The Balaban J connectivity index is 1.53. The van der Waals surface area contributed by atoms with Gasteiger partial charge in [0.05, 0.1) is 6.10 Å². The summed E-state index contributed by atoms with van der Waals surface area (Å²) in [5.74, 6) is 1.16. The summed E-state index contributed by atoms with van der Waals surface area (Å²) in [6, 6.07) is 25.1. The lowest BCUT2D eigenvalue weighted by Crippen LogP contribution is -2.20. The lowest BCUT2D eigenvalue weighted by molar-refractivity contribution is -0.118. The molecule has 0 atom stereocenters. The topological polar surface area (TPSA) is 47.6 Å². The Hall–Kier alpha value is -3.27. The number of ether oxygens (including phenoxy) is 2. The Kier molecular flexibility index (Phi) is 6.10. The van der Waals surface area contributed by atoms with E-state index in [9.17, 15) is 4.79 Å². The highest BCUT2D eigenvalue weighted by Gasteiger charge is 2.06. The predicted molar refractivity (Wildman–Crippen MR) is 108 cm³/mol. The van der Waals surface area contributed by atoms with Crippen LogP contribution < -0.4 is 14.8 Å². The zero-order valence-corrected chi connectivity index (χ0v) is 15.5. The highest BCUT2D eigenvalue weighted by Crippen LogP contribution is 2.22. The van der Waals surface area contributed by atoms with Crippen LogP contribution in [0.25, 0.3) is 11.1 Å². The summed E-state index contributed by atoms with van der Waals surface area (Å²) in [4.78, 5) is 12.1. The van der Waals surface area contributed by atoms with Gasteiger partial charge in [0.2, 0.25) is 0 Å². The molecule has 3 rings (SSSR count). The van der Waals surface area contributed by atoms with Crippen molar-refractivity contribution in [2.75, 3.05) is 11.9 Å². The molecule has 3 aromatic rings. The van der Waals surface area contributed by atoms with E-state index in [2.05, 4.69) is 17.4 Å². The van der Waals surface area contributed by atoms with Crippen molar-refractivity contribution in [3.63, 3.8) is 0 Å². The predicted octanol–water partition coefficient (Wildman–Crippen LogP) is 5.16. The van der Waals surface area contributed by atoms with Crippen molar-refractivity contribution in [2.24, 2.45) is 0 Å². The average molecular weight is 361 g/mol. The number of carbonyl (C=O) groups excluding carboxylic acids is 1. The molecular weight excluding hydrogens is 338 g/mol. The smallest absolute Gasteiger partial charge is 0.262 e. The number of carbonyl (C=O) groups is 1. The first-order valence-corrected chi connectivity index (χ1v) is 8.95. The molecule has 27 heavy (non-hydrogen) atoms. The molecular formula is C23H23NO3. The first kappa shape index (κ1) is 18.5. The Bertz CT molecular complexity index is 874. The van der Waals surface area contributed by atoms with Crippen LogP contribution in [-0.2, 0) is 4.79 Å². The van der Waals surface area contributed by atoms with Gasteiger partial charge in [0.15, 0.2) is 6.61 Å². The van der Waals surface area contributed by atoms with E-state index in [0.29, 0.717) is 11.4 Å². The number of amides is 1. The molecule has 0 aliphatic carbocycles. The van der Waals surface area contributed by atoms with Gasteiger partial charge >= 0.3 is 0 Å². The lowest BCUT2D eigenvalue weighted by atomic mass is 10.1. The van der Waals surface area contributed by atoms with Crippen LogP contribution in [0.4, 0.5) is 5.69 Å². The maximum atomic E-state index is 12.1. The van der Waals surface area contributed by atoms with Gasteiger partial charge in [-0.15, -0.1) is 0 Å². The van der Waals surface area contributed by atoms with Crippen molar-refractivity contribution < 1.29 is 14.3 Å². The van der Waals surface area contributed by atoms with Gasteiger partial charge in [-0.3, -0.25) is 4.79 Å². The van der Waals surface area contributed by atoms with Gasteiger partial charge in [-0.25, -0.2) is 0 Å². The molecule has 3 aromatic carbocycles. The van der Waals surface area contributed by atoms with Crippen molar-refractivity contribution in [2.45, 2.75) is 20.0 Å². The molecule has 0 fully saturated rings. The standard InChI is InChI=1S/C23H23NO3/c1-17(2)27-22-10-6-9-20(15-22)24-23(25)16-26-21-13-11-19(12-14-21)18-7-4-3-5-8-18/h3-15,17H,16H2,1-2H3,(H,24,25). The first-order chi connectivity index (χ1) is 13.1. The van der Waals surface area contributed by atoms with Crippen molar-refractivity contribution in [3.8, 4) is 22.6 Å². The van der Waals surface area contributed by atoms with E-state index in [1.165, 1.54) is 0 Å². The van der Waals surface area contributed by atoms with Crippen LogP contribution >= 0.6 is 0 Å². The van der Waals surface area contributed by atoms with Crippen LogP contribution in [-0.4, -0.2) is 18.6 Å². The summed E-state index contributed by atoms with van der Waals surface area (Å²) in [5, 5.41) is 2.82. The molecule has 0 spiro atoms. The van der Waals surface area contributed by atoms with Crippen molar-refractivity contribution in [1.29, 1.82) is 0 Å². The summed E-state index contributed by atoms with van der Waals surface area (Å²) < 4.78 is 11.2. The summed E-state index contributed by atoms with van der Waals surface area (Å²) in [6.07, 6.45) is 0.0816. The van der Waals surface area contributed by atoms with Crippen LogP contribution in [0, 0.1) is 0 Å². The van der Waals surface area contributed by atoms with Gasteiger partial charge in [-0.1, -0.05) is 48.5 Å². The number of benzene rings is 3. The molecule has 1 amide bonds. The van der Waals surface area contributed by atoms with E-state index in [4.69, 9.17) is 9.47 Å². The Morgan fingerprint density at radius 1 is 0.852 bits per heavy atom. The number of hydrogen-bond acceptors (Lipinski definition) is 3. The SMILES string of the molecule is CC(C)Oc1cccc(NC(=O)COc2ccc(-c3ccccc3)cc2)c1. The monoisotopic (exact) mass is 361 g/mol. The molecule has 0 aromatic heterocycles. The van der Waals surface area contributed by atoms with Crippen LogP contribution in [0.15, 0.2) is 78.9 Å². The molecule has 0 bridgehead atoms. The third-order valence-corrected chi connectivity index (χ3v) is 3.82. The highest BCUT2D eigenvalue weighted by molar-refractivity contribution is 5.92. The van der Waals surface area contributed by atoms with E-state index in [-0.39, 0.29) is 18.6 Å². The van der Waals surface area contributed by atoms with Gasteiger partial charge in [0.25, 0.3) is 5.91 Å². The Morgan fingerprint density at radius 2 is 1.56 bits per heavy atom. The second-order valence-electron chi connectivity index (χ2n) is 6.42. The summed E-state index contributed by atoms with van der Waals surface area (Å²) in [6.45, 7) is 3.87. The van der Waals surface area contributed by atoms with Crippen LogP contribution in [0.1, 0.15) is 13.8 Å². The minimum Gasteiger partial charge on any atom is -0.491 e. The van der Waals surface area contributed by atoms with Crippen molar-refractivity contribution in [3.05, 3.63) is 78.9 Å². The average Bonchev–Trinajstić information content (AvgIpc) is 2.67. The Morgan fingerprint density at radius 3 is 2.26 bits per heavy atom. The van der Waals surface area contributed by atoms with Gasteiger partial charge in [0.1, 0.15) is 11.5 Å². The van der Waals surface area contributed by atoms with E-state index < -0.39 is 0 Å². The van der Waals surface area contributed by atoms with Crippen molar-refractivity contribution in [1.82, 2.24) is 0 Å². The third-order valence-electron chi connectivity index (χ3n) is 3.82. The van der Waals surface area contributed by atoms with Crippen LogP contribution in [0.2, 0.25) is 0 Å². The summed E-state index contributed by atoms with van der Waals surface area (Å²) in [7, 11) is 0. The van der Waals surface area contributed by atoms with Crippen LogP contribution in [0.3, 0.4) is 0 Å². The Labute approximate surface area is 159 Å². The molecule has 4 nitrogen and oxygen atoms in total. The number of nitrogens with one attached hydrogen (secondary N) is 1. The van der Waals surface area contributed by atoms with Gasteiger partial charge in [-0.05, 0) is 49.2 Å². The fraction of sp³-hybridized carbons (Fsp3) is 0.174. The molecule has 138 valence electrons. The maximum Gasteiger partial charge on any atom is 0.262 e. The summed E-state index contributed by atoms with van der Waals surface area (Å²) in [5.41, 5.74) is 2.93. The molecule has 0 radical (unpaired) electrons. The van der Waals surface area contributed by atoms with Gasteiger partial charge < -0.3 is 14.8 Å². The minimum atomic E-state index is -0.219. The number of anilines is 1. The molecule has 0 unspecified atom stereocenters. The quantitative estimate of drug-likeness (QED) is 0.632. The largest absolute Gasteiger partial charge is 0.491 e. The second kappa shape index (κ2) is 8.90. The first-order valence-electron chi connectivity index (χ1n) is 8.95. The second-order valence-corrected chi connectivity index (χ2v) is 6.42. The van der Waals surface area contributed by atoms with E-state index >= 15 is 0 Å². The molecule has 0 aliphatic rings. The van der Waals surface area contributed by atoms with Crippen molar-refractivity contribution >= 4 is 11.6 Å². The molecule has 4 heteroatoms. The van der Waals surface area contributed by atoms with E-state index in [0.717, 1.165) is 16.9 Å². The molecule has 0 saturated carbocycles. The number of hydrogen-bond donors (Lipinski definition) is 1. The molecule has 1 N–H and O–H groups in total. The fourth-order valence-electron chi connectivity index (χ4n) is 2.64. The maximum absolute atomic E-state index is 12.1. The normalized spacial score (nSPS) is 10.5. The number of rotatable bonds is 7.